The minimum Gasteiger partial charge on any atom is -0.464 e. The number of benzene rings is 2. The number of thiazole rings is 1. The van der Waals surface area contributed by atoms with Gasteiger partial charge in [0.2, 0.25) is 11.4 Å². The molecule has 216 valence electrons. The molecule has 2 aromatic carbocycles. The van der Waals surface area contributed by atoms with Gasteiger partial charge in [-0.1, -0.05) is 59.9 Å². The van der Waals surface area contributed by atoms with Crippen molar-refractivity contribution in [3.8, 4) is 10.6 Å². The molecule has 0 aliphatic heterocycles. The third kappa shape index (κ3) is 5.54. The first-order chi connectivity index (χ1) is 20.2. The van der Waals surface area contributed by atoms with Crippen molar-refractivity contribution in [3.05, 3.63) is 95.5 Å². The molecule has 8 nitrogen and oxygen atoms in total. The second kappa shape index (κ2) is 11.8. The maximum Gasteiger partial charge on any atom is 0.343 e. The Morgan fingerprint density at radius 3 is 2.24 bits per heavy atom. The van der Waals surface area contributed by atoms with E-state index < -0.39 is 29.2 Å². The van der Waals surface area contributed by atoms with E-state index in [0.717, 1.165) is 11.3 Å². The van der Waals surface area contributed by atoms with Crippen molar-refractivity contribution < 1.29 is 28.2 Å². The lowest BCUT2D eigenvalue weighted by Gasteiger charge is -2.29. The summed E-state index contributed by atoms with van der Waals surface area (Å²) < 4.78 is 25.6. The van der Waals surface area contributed by atoms with Gasteiger partial charge >= 0.3 is 11.9 Å². The molecule has 0 fully saturated rings. The van der Waals surface area contributed by atoms with E-state index in [9.17, 15) is 14.4 Å². The smallest absolute Gasteiger partial charge is 0.343 e. The number of amides is 1. The number of carbonyl (C=O) groups excluding carboxylic acids is 3. The third-order valence-corrected chi connectivity index (χ3v) is 8.12. The molecule has 42 heavy (non-hydrogen) atoms. The lowest BCUT2D eigenvalue weighted by molar-refractivity contribution is -0.168. The van der Waals surface area contributed by atoms with Crippen LogP contribution in [0.4, 0.5) is 4.39 Å². The second-order valence-corrected chi connectivity index (χ2v) is 10.9. The summed E-state index contributed by atoms with van der Waals surface area (Å²) in [5.41, 5.74) is 1.16. The maximum absolute atomic E-state index is 15.4. The first-order valence-electron chi connectivity index (χ1n) is 13.7. The number of nitrogens with zero attached hydrogens (tertiary/aromatic N) is 2. The van der Waals surface area contributed by atoms with E-state index >= 15 is 4.39 Å². The molecule has 10 heteroatoms. The molecule has 1 aliphatic rings. The number of ether oxygens (including phenoxy) is 2. The molecule has 1 N–H and O–H groups in total. The Hall–Kier alpha value is -4.44. The molecule has 1 amide bonds. The van der Waals surface area contributed by atoms with Crippen LogP contribution >= 0.6 is 11.3 Å². The van der Waals surface area contributed by atoms with Crippen LogP contribution in [0.2, 0.25) is 0 Å². The summed E-state index contributed by atoms with van der Waals surface area (Å²) in [6.45, 7) is 4.40. The van der Waals surface area contributed by atoms with Gasteiger partial charge in [-0.05, 0) is 62.1 Å². The lowest BCUT2D eigenvalue weighted by atomic mass is 9.89. The van der Waals surface area contributed by atoms with Crippen LogP contribution in [-0.4, -0.2) is 46.6 Å². The Labute approximate surface area is 246 Å². The normalized spacial score (nSPS) is 13.5. The number of aromatic nitrogens is 2. The predicted octanol–water partition coefficient (Wildman–Crippen LogP) is 5.29. The number of rotatable bonds is 11. The number of hydrogen-bond donors (Lipinski definition) is 1. The zero-order chi connectivity index (χ0) is 29.9. The number of hydrogen-bond acceptors (Lipinski definition) is 8. The first-order valence-corrected chi connectivity index (χ1v) is 14.5. The number of pyridine rings is 1. The number of fused-ring (bicyclic) bond motifs is 1. The summed E-state index contributed by atoms with van der Waals surface area (Å²) in [7, 11) is 0. The van der Waals surface area contributed by atoms with Gasteiger partial charge in [-0.3, -0.25) is 4.79 Å². The second-order valence-electron chi connectivity index (χ2n) is 9.95. The molecule has 0 saturated heterocycles. The van der Waals surface area contributed by atoms with Crippen LogP contribution in [0.1, 0.15) is 44.0 Å². The van der Waals surface area contributed by atoms with E-state index in [4.69, 9.17) is 14.5 Å². The molecule has 0 unspecified atom stereocenters. The van der Waals surface area contributed by atoms with Gasteiger partial charge in [-0.2, -0.15) is 0 Å². The van der Waals surface area contributed by atoms with Gasteiger partial charge in [0.15, 0.2) is 0 Å². The number of carbonyl (C=O) groups is 3. The molecule has 5 rings (SSSR count). The highest BCUT2D eigenvalue weighted by Gasteiger charge is 2.49. The third-order valence-electron chi connectivity index (χ3n) is 7.12. The molecular formula is C32H30FN3O5S. The van der Waals surface area contributed by atoms with Crippen molar-refractivity contribution in [2.45, 2.75) is 44.6 Å². The summed E-state index contributed by atoms with van der Waals surface area (Å²) in [6.07, 6.45) is 4.14. The summed E-state index contributed by atoms with van der Waals surface area (Å²) in [5, 5.41) is 2.92. The van der Waals surface area contributed by atoms with E-state index in [2.05, 4.69) is 34.6 Å². The minimum absolute atomic E-state index is 0.00513. The Balaban J connectivity index is 1.39. The van der Waals surface area contributed by atoms with Gasteiger partial charge in [0.25, 0.3) is 0 Å². The van der Waals surface area contributed by atoms with Gasteiger partial charge in [0.05, 0.1) is 24.3 Å². The van der Waals surface area contributed by atoms with Gasteiger partial charge in [0, 0.05) is 12.5 Å². The molecular weight excluding hydrogens is 557 g/mol. The number of aryl methyl sites for hydroxylation is 1. The fourth-order valence-electron chi connectivity index (χ4n) is 4.95. The first kappa shape index (κ1) is 29.1. The highest BCUT2D eigenvalue weighted by molar-refractivity contribution is 7.21. The maximum atomic E-state index is 15.4. The highest BCUT2D eigenvalue weighted by atomic mass is 32.1. The van der Waals surface area contributed by atoms with E-state index in [-0.39, 0.29) is 31.5 Å². The fraction of sp³-hybridized carbons (Fsp3) is 0.281. The van der Waals surface area contributed by atoms with Crippen molar-refractivity contribution >= 4 is 39.5 Å². The van der Waals surface area contributed by atoms with Crippen LogP contribution in [0.25, 0.3) is 20.9 Å². The summed E-state index contributed by atoms with van der Waals surface area (Å²) in [6, 6.07) is 18.6. The predicted molar refractivity (Wildman–Crippen MR) is 157 cm³/mol. The van der Waals surface area contributed by atoms with E-state index in [1.807, 2.05) is 30.3 Å². The standard InChI is InChI=1S/C32H30FN3O5S/c1-4-40-29(38)32(36-20(3)37,30(39)41-5-2)16-15-21-11-12-23(24(33)19-21)27-34-25-13-14-26(35-28(25)42-27)31(17-18-31)22-9-7-6-8-10-22/h6-14,17-19H,4-5,15-16H2,1-3H3,(H,36,37). The van der Waals surface area contributed by atoms with Gasteiger partial charge in [0.1, 0.15) is 21.2 Å². The average Bonchev–Trinajstić information content (AvgIpc) is 3.68. The van der Waals surface area contributed by atoms with Crippen molar-refractivity contribution in [2.75, 3.05) is 13.2 Å². The van der Waals surface area contributed by atoms with Crippen LogP contribution in [0.5, 0.6) is 0 Å². The number of esters is 2. The van der Waals surface area contributed by atoms with Gasteiger partial charge in [-0.25, -0.2) is 23.9 Å². The van der Waals surface area contributed by atoms with Crippen molar-refractivity contribution in [3.63, 3.8) is 0 Å². The van der Waals surface area contributed by atoms with Crippen molar-refractivity contribution in [2.24, 2.45) is 0 Å². The molecule has 0 radical (unpaired) electrons. The zero-order valence-corrected chi connectivity index (χ0v) is 24.3. The molecule has 2 aromatic heterocycles. The van der Waals surface area contributed by atoms with Gasteiger partial charge in [-0.15, -0.1) is 0 Å². The average molecular weight is 588 g/mol. The number of halogens is 1. The minimum atomic E-state index is -2.04. The number of nitrogens with one attached hydrogen (secondary N) is 1. The molecule has 4 aromatic rings. The van der Waals surface area contributed by atoms with Crippen molar-refractivity contribution in [1.29, 1.82) is 0 Å². The molecule has 1 aliphatic carbocycles. The molecule has 0 spiro atoms. The molecule has 0 bridgehead atoms. The van der Waals surface area contributed by atoms with Crippen molar-refractivity contribution in [1.82, 2.24) is 15.3 Å². The quantitative estimate of drug-likeness (QED) is 0.144. The van der Waals surface area contributed by atoms with Crippen LogP contribution in [0.3, 0.4) is 0 Å². The SMILES string of the molecule is CCOC(=O)C(CCc1ccc(-c2nc3ccc(C4(c5ccccc5)C=C4)nc3s2)c(F)c1)(NC(C)=O)C(=O)OCC. The van der Waals surface area contributed by atoms with Crippen LogP contribution < -0.4 is 5.32 Å². The monoisotopic (exact) mass is 587 g/mol. The van der Waals surface area contributed by atoms with E-state index in [0.29, 0.717) is 26.5 Å². The van der Waals surface area contributed by atoms with E-state index in [1.54, 1.807) is 26.0 Å². The lowest BCUT2D eigenvalue weighted by Crippen LogP contribution is -2.61. The molecule has 0 saturated carbocycles. The largest absolute Gasteiger partial charge is 0.464 e. The van der Waals surface area contributed by atoms with Gasteiger partial charge < -0.3 is 14.8 Å². The highest BCUT2D eigenvalue weighted by Crippen LogP contribution is 2.45. The van der Waals surface area contributed by atoms with E-state index in [1.165, 1.54) is 24.3 Å². The fourth-order valence-corrected chi connectivity index (χ4v) is 5.92. The zero-order valence-electron chi connectivity index (χ0n) is 23.5. The topological polar surface area (TPSA) is 107 Å². The summed E-state index contributed by atoms with van der Waals surface area (Å²) in [5.74, 6) is -2.95. The van der Waals surface area contributed by atoms with Crippen LogP contribution in [0.15, 0.2) is 72.8 Å². The Morgan fingerprint density at radius 1 is 0.952 bits per heavy atom. The molecule has 2 heterocycles. The summed E-state index contributed by atoms with van der Waals surface area (Å²) in [4.78, 5) is 47.9. The Bertz CT molecular complexity index is 1660. The number of allylic oxidation sites excluding steroid dienone is 2. The molecule has 0 atom stereocenters. The van der Waals surface area contributed by atoms with Crippen LogP contribution in [0, 0.1) is 5.82 Å². The Kier molecular flexibility index (Phi) is 8.17. The Morgan fingerprint density at radius 2 is 1.64 bits per heavy atom. The summed E-state index contributed by atoms with van der Waals surface area (Å²) >= 11 is 1.31. The van der Waals surface area contributed by atoms with Crippen LogP contribution in [-0.2, 0) is 35.7 Å².